The predicted octanol–water partition coefficient (Wildman–Crippen LogP) is 5.97. The number of hydrogen-bond donors (Lipinski definition) is 2. The smallest absolute Gasteiger partial charge is 0.115 e. The van der Waals surface area contributed by atoms with Crippen molar-refractivity contribution in [2.45, 2.75) is 0 Å². The number of hydrogen-bond acceptors (Lipinski definition) is 1. The van der Waals surface area contributed by atoms with Gasteiger partial charge in [-0.15, -0.1) is 0 Å². The normalized spacial score (nSPS) is 11.0. The molecule has 2 N–H and O–H groups in total. The van der Waals surface area contributed by atoms with Crippen molar-refractivity contribution in [2.24, 2.45) is 0 Å². The third-order valence-electron chi connectivity index (χ3n) is 4.00. The Balaban J connectivity index is 1.73. The van der Waals surface area contributed by atoms with E-state index in [0.29, 0.717) is 0 Å². The lowest BCUT2D eigenvalue weighted by Crippen LogP contribution is -1.77. The van der Waals surface area contributed by atoms with Crippen molar-refractivity contribution in [3.63, 3.8) is 0 Å². The van der Waals surface area contributed by atoms with Crippen LogP contribution in [0.25, 0.3) is 33.2 Å². The molecule has 3 aromatic carbocycles. The van der Waals surface area contributed by atoms with Gasteiger partial charge in [0.05, 0.1) is 0 Å². The van der Waals surface area contributed by atoms with Crippen LogP contribution in [0.3, 0.4) is 0 Å². The van der Waals surface area contributed by atoms with E-state index in [1.807, 2.05) is 18.3 Å². The average molecular weight is 364 g/mol. The number of fused-ring (bicyclic) bond motifs is 1. The summed E-state index contributed by atoms with van der Waals surface area (Å²) in [7, 11) is 0. The zero-order valence-electron chi connectivity index (χ0n) is 12.3. The first-order chi connectivity index (χ1) is 11.2. The maximum Gasteiger partial charge on any atom is 0.115 e. The Kier molecular flexibility index (Phi) is 3.43. The number of phenolic OH excluding ortho intramolecular Hbond substituents is 1. The summed E-state index contributed by atoms with van der Waals surface area (Å²) in [6.07, 6.45) is 2.02. The number of H-pyrrole nitrogens is 1. The highest BCUT2D eigenvalue weighted by atomic mass is 79.9. The lowest BCUT2D eigenvalue weighted by molar-refractivity contribution is 0.475. The van der Waals surface area contributed by atoms with E-state index in [-0.39, 0.29) is 5.75 Å². The summed E-state index contributed by atoms with van der Waals surface area (Å²) in [6.45, 7) is 0. The zero-order chi connectivity index (χ0) is 15.8. The van der Waals surface area contributed by atoms with Crippen LogP contribution in [0.1, 0.15) is 0 Å². The molecule has 0 aliphatic carbocycles. The van der Waals surface area contributed by atoms with Crippen LogP contribution in [-0.4, -0.2) is 10.1 Å². The van der Waals surface area contributed by atoms with E-state index in [0.717, 1.165) is 21.3 Å². The van der Waals surface area contributed by atoms with Gasteiger partial charge >= 0.3 is 0 Å². The molecule has 0 amide bonds. The van der Waals surface area contributed by atoms with E-state index in [4.69, 9.17) is 0 Å². The molecule has 0 bridgehead atoms. The molecule has 112 valence electrons. The van der Waals surface area contributed by atoms with E-state index in [9.17, 15) is 5.11 Å². The van der Waals surface area contributed by atoms with Crippen LogP contribution in [0.15, 0.2) is 77.4 Å². The summed E-state index contributed by atoms with van der Waals surface area (Å²) < 4.78 is 1.09. The minimum atomic E-state index is 0.279. The van der Waals surface area contributed by atoms with Crippen LogP contribution in [-0.2, 0) is 0 Å². The largest absolute Gasteiger partial charge is 0.508 e. The standard InChI is InChI=1S/C20H14BrNO/c21-18-6-3-14-9-15(1-2-16(14)10-18)17-11-20(22-12-17)13-4-7-19(23)8-5-13/h1-12,22-23H. The molecule has 23 heavy (non-hydrogen) atoms. The van der Waals surface area contributed by atoms with Crippen molar-refractivity contribution < 1.29 is 5.11 Å². The van der Waals surface area contributed by atoms with Crippen molar-refractivity contribution in [3.8, 4) is 28.1 Å². The van der Waals surface area contributed by atoms with Crippen molar-refractivity contribution in [3.05, 3.63) is 77.4 Å². The number of halogens is 1. The highest BCUT2D eigenvalue weighted by Gasteiger charge is 2.05. The number of benzene rings is 3. The molecule has 3 heteroatoms. The van der Waals surface area contributed by atoms with Gasteiger partial charge in [-0.25, -0.2) is 0 Å². The Bertz CT molecular complexity index is 986. The van der Waals surface area contributed by atoms with E-state index in [1.54, 1.807) is 12.1 Å². The molecule has 4 rings (SSSR count). The Morgan fingerprint density at radius 1 is 0.696 bits per heavy atom. The highest BCUT2D eigenvalue weighted by molar-refractivity contribution is 9.10. The number of rotatable bonds is 2. The molecule has 0 aliphatic rings. The van der Waals surface area contributed by atoms with Gasteiger partial charge in [0, 0.05) is 16.4 Å². The third kappa shape index (κ3) is 2.76. The molecule has 0 saturated carbocycles. The van der Waals surface area contributed by atoms with Gasteiger partial charge in [0.2, 0.25) is 0 Å². The van der Waals surface area contributed by atoms with Crippen LogP contribution in [0, 0.1) is 0 Å². The molecule has 0 atom stereocenters. The first kappa shape index (κ1) is 14.1. The maximum atomic E-state index is 9.39. The second-order valence-corrected chi connectivity index (χ2v) is 6.47. The molecule has 2 nitrogen and oxygen atoms in total. The molecule has 0 unspecified atom stereocenters. The van der Waals surface area contributed by atoms with Gasteiger partial charge < -0.3 is 10.1 Å². The van der Waals surface area contributed by atoms with E-state index in [2.05, 4.69) is 63.4 Å². The van der Waals surface area contributed by atoms with Gasteiger partial charge in [-0.2, -0.15) is 0 Å². The average Bonchev–Trinajstić information content (AvgIpc) is 3.05. The highest BCUT2D eigenvalue weighted by Crippen LogP contribution is 2.30. The predicted molar refractivity (Wildman–Crippen MR) is 98.5 cm³/mol. The van der Waals surface area contributed by atoms with Crippen LogP contribution >= 0.6 is 15.9 Å². The molecule has 0 saturated heterocycles. The van der Waals surface area contributed by atoms with Gasteiger partial charge in [0.25, 0.3) is 0 Å². The second kappa shape index (κ2) is 5.60. The van der Waals surface area contributed by atoms with Crippen LogP contribution in [0.5, 0.6) is 5.75 Å². The SMILES string of the molecule is Oc1ccc(-c2cc(-c3ccc4cc(Br)ccc4c3)c[nH]2)cc1. The lowest BCUT2D eigenvalue weighted by Gasteiger charge is -2.02. The van der Waals surface area contributed by atoms with Gasteiger partial charge in [-0.3, -0.25) is 0 Å². The quantitative estimate of drug-likeness (QED) is 0.452. The molecule has 1 aromatic heterocycles. The molecule has 0 aliphatic heterocycles. The summed E-state index contributed by atoms with van der Waals surface area (Å²) in [6, 6.07) is 22.1. The number of nitrogens with one attached hydrogen (secondary N) is 1. The minimum absolute atomic E-state index is 0.279. The topological polar surface area (TPSA) is 36.0 Å². The summed E-state index contributed by atoms with van der Waals surface area (Å²) in [5.41, 5.74) is 4.42. The number of aromatic hydroxyl groups is 1. The molecular formula is C20H14BrNO. The van der Waals surface area contributed by atoms with Crippen molar-refractivity contribution in [1.29, 1.82) is 0 Å². The first-order valence-corrected chi connectivity index (χ1v) is 8.16. The Morgan fingerprint density at radius 2 is 1.39 bits per heavy atom. The van der Waals surface area contributed by atoms with Crippen molar-refractivity contribution in [1.82, 2.24) is 4.98 Å². The summed E-state index contributed by atoms with van der Waals surface area (Å²) >= 11 is 3.51. The van der Waals surface area contributed by atoms with E-state index in [1.165, 1.54) is 16.3 Å². The second-order valence-electron chi connectivity index (χ2n) is 5.56. The Morgan fingerprint density at radius 3 is 2.22 bits per heavy atom. The summed E-state index contributed by atoms with van der Waals surface area (Å²) in [5, 5.41) is 11.8. The fraction of sp³-hybridized carbons (Fsp3) is 0. The molecule has 1 heterocycles. The zero-order valence-corrected chi connectivity index (χ0v) is 13.8. The van der Waals surface area contributed by atoms with Crippen molar-refractivity contribution >= 4 is 26.7 Å². The molecule has 0 fully saturated rings. The lowest BCUT2D eigenvalue weighted by atomic mass is 10.0. The van der Waals surface area contributed by atoms with Crippen LogP contribution in [0.4, 0.5) is 0 Å². The van der Waals surface area contributed by atoms with Gasteiger partial charge in [-0.1, -0.05) is 34.1 Å². The number of phenols is 1. The van der Waals surface area contributed by atoms with Gasteiger partial charge in [-0.05, 0) is 76.0 Å². The molecular weight excluding hydrogens is 350 g/mol. The van der Waals surface area contributed by atoms with Gasteiger partial charge in [0.15, 0.2) is 0 Å². The molecule has 0 spiro atoms. The van der Waals surface area contributed by atoms with Gasteiger partial charge in [0.1, 0.15) is 5.75 Å². The molecule has 0 radical (unpaired) electrons. The third-order valence-corrected chi connectivity index (χ3v) is 4.49. The molecule has 4 aromatic rings. The first-order valence-electron chi connectivity index (χ1n) is 7.36. The summed E-state index contributed by atoms with van der Waals surface area (Å²) in [4.78, 5) is 3.31. The Hall–Kier alpha value is -2.52. The maximum absolute atomic E-state index is 9.39. The van der Waals surface area contributed by atoms with Crippen molar-refractivity contribution in [2.75, 3.05) is 0 Å². The Labute approximate surface area is 142 Å². The fourth-order valence-corrected chi connectivity index (χ4v) is 3.14. The van der Waals surface area contributed by atoms with Crippen LogP contribution < -0.4 is 0 Å². The summed E-state index contributed by atoms with van der Waals surface area (Å²) in [5.74, 6) is 0.279. The fourth-order valence-electron chi connectivity index (χ4n) is 2.76. The number of aromatic nitrogens is 1. The van der Waals surface area contributed by atoms with E-state index >= 15 is 0 Å². The monoisotopic (exact) mass is 363 g/mol. The van der Waals surface area contributed by atoms with E-state index < -0.39 is 0 Å². The minimum Gasteiger partial charge on any atom is -0.508 e. The van der Waals surface area contributed by atoms with Crippen LogP contribution in [0.2, 0.25) is 0 Å². The number of aromatic amines is 1.